The first-order valence-corrected chi connectivity index (χ1v) is 6.16. The van der Waals surface area contributed by atoms with Gasteiger partial charge in [-0.05, 0) is 37.7 Å². The number of phenols is 2. The summed E-state index contributed by atoms with van der Waals surface area (Å²) in [6, 6.07) is 3.89. The molecule has 0 unspecified atom stereocenters. The number of nitrogens with one attached hydrogen (secondary N) is 1. The van der Waals surface area contributed by atoms with Crippen LogP contribution in [0.3, 0.4) is 0 Å². The van der Waals surface area contributed by atoms with E-state index in [1.54, 1.807) is 0 Å². The molecule has 106 valence electrons. The van der Waals surface area contributed by atoms with Crippen LogP contribution in [0.4, 0.5) is 0 Å². The Morgan fingerprint density at radius 2 is 1.95 bits per heavy atom. The van der Waals surface area contributed by atoms with Crippen molar-refractivity contribution in [1.29, 1.82) is 0 Å². The molecule has 0 aliphatic carbocycles. The second-order valence-electron chi connectivity index (χ2n) is 5.79. The summed E-state index contributed by atoms with van der Waals surface area (Å²) >= 11 is 0. The molecule has 19 heavy (non-hydrogen) atoms. The Morgan fingerprint density at radius 3 is 2.53 bits per heavy atom. The number of amides is 1. The predicted molar refractivity (Wildman–Crippen MR) is 74.4 cm³/mol. The highest BCUT2D eigenvalue weighted by Gasteiger charge is 2.21. The van der Waals surface area contributed by atoms with Crippen molar-refractivity contribution in [2.75, 3.05) is 27.2 Å². The average molecular weight is 266 g/mol. The molecule has 1 aromatic rings. The first kappa shape index (κ1) is 15.3. The van der Waals surface area contributed by atoms with Gasteiger partial charge in [0.05, 0.1) is 5.56 Å². The molecule has 0 fully saturated rings. The standard InChI is InChI=1S/C14H22N2O3/c1-14(2,9-16(3)4)8-15-13(19)11-7-10(17)5-6-12(11)18/h5-7,17-18H,8-9H2,1-4H3,(H,15,19). The Kier molecular flexibility index (Phi) is 4.78. The van der Waals surface area contributed by atoms with E-state index in [1.165, 1.54) is 18.2 Å². The van der Waals surface area contributed by atoms with Crippen LogP contribution in [-0.4, -0.2) is 48.2 Å². The summed E-state index contributed by atoms with van der Waals surface area (Å²) in [4.78, 5) is 14.0. The molecule has 0 spiro atoms. The SMILES string of the molecule is CN(C)CC(C)(C)CNC(=O)c1cc(O)ccc1O. The van der Waals surface area contributed by atoms with Gasteiger partial charge in [0, 0.05) is 13.1 Å². The Labute approximate surface area is 113 Å². The van der Waals surface area contributed by atoms with Crippen LogP contribution in [-0.2, 0) is 0 Å². The van der Waals surface area contributed by atoms with E-state index in [-0.39, 0.29) is 28.4 Å². The Morgan fingerprint density at radius 1 is 1.32 bits per heavy atom. The van der Waals surface area contributed by atoms with Crippen LogP contribution in [0.5, 0.6) is 11.5 Å². The van der Waals surface area contributed by atoms with E-state index in [0.29, 0.717) is 6.54 Å². The first-order chi connectivity index (χ1) is 8.71. The topological polar surface area (TPSA) is 72.8 Å². The average Bonchev–Trinajstić information content (AvgIpc) is 2.27. The maximum absolute atomic E-state index is 12.0. The van der Waals surface area contributed by atoms with E-state index >= 15 is 0 Å². The lowest BCUT2D eigenvalue weighted by Crippen LogP contribution is -2.39. The van der Waals surface area contributed by atoms with Gasteiger partial charge in [0.25, 0.3) is 5.91 Å². The van der Waals surface area contributed by atoms with Crippen LogP contribution in [0.2, 0.25) is 0 Å². The molecule has 5 nitrogen and oxygen atoms in total. The van der Waals surface area contributed by atoms with E-state index in [1.807, 2.05) is 14.1 Å². The first-order valence-electron chi connectivity index (χ1n) is 6.16. The van der Waals surface area contributed by atoms with E-state index in [2.05, 4.69) is 24.1 Å². The molecule has 0 atom stereocenters. The molecule has 1 aromatic carbocycles. The van der Waals surface area contributed by atoms with Crippen molar-refractivity contribution in [1.82, 2.24) is 10.2 Å². The van der Waals surface area contributed by atoms with E-state index < -0.39 is 0 Å². The summed E-state index contributed by atoms with van der Waals surface area (Å²) in [5.41, 5.74) is 0.00616. The molecule has 0 aliphatic heterocycles. The van der Waals surface area contributed by atoms with E-state index in [4.69, 9.17) is 0 Å². The van der Waals surface area contributed by atoms with Crippen molar-refractivity contribution in [2.45, 2.75) is 13.8 Å². The number of rotatable bonds is 5. The zero-order valence-corrected chi connectivity index (χ0v) is 11.9. The van der Waals surface area contributed by atoms with Crippen molar-refractivity contribution in [3.63, 3.8) is 0 Å². The lowest BCUT2D eigenvalue weighted by molar-refractivity contribution is 0.0926. The fourth-order valence-corrected chi connectivity index (χ4v) is 2.03. The van der Waals surface area contributed by atoms with Crippen LogP contribution in [0, 0.1) is 5.41 Å². The Bertz CT molecular complexity index is 456. The smallest absolute Gasteiger partial charge is 0.255 e. The molecule has 0 aromatic heterocycles. The van der Waals surface area contributed by atoms with E-state index in [9.17, 15) is 15.0 Å². The quantitative estimate of drug-likeness (QED) is 0.705. The third kappa shape index (κ3) is 4.79. The molecule has 0 saturated heterocycles. The Balaban J connectivity index is 2.68. The molecule has 0 aliphatic rings. The number of hydrogen-bond donors (Lipinski definition) is 3. The number of hydrogen-bond acceptors (Lipinski definition) is 4. The lowest BCUT2D eigenvalue weighted by atomic mass is 9.93. The highest BCUT2D eigenvalue weighted by molar-refractivity contribution is 5.97. The van der Waals surface area contributed by atoms with Crippen molar-refractivity contribution in [2.24, 2.45) is 5.41 Å². The van der Waals surface area contributed by atoms with Crippen LogP contribution >= 0.6 is 0 Å². The maximum atomic E-state index is 12.0. The minimum Gasteiger partial charge on any atom is -0.508 e. The number of phenolic OH excluding ortho intramolecular Hbond substituents is 2. The van der Waals surface area contributed by atoms with E-state index in [0.717, 1.165) is 6.54 Å². The molecular weight excluding hydrogens is 244 g/mol. The summed E-state index contributed by atoms with van der Waals surface area (Å²) in [6.45, 7) is 5.42. The molecule has 1 rings (SSSR count). The van der Waals surface area contributed by atoms with Gasteiger partial charge in [0.15, 0.2) is 0 Å². The van der Waals surface area contributed by atoms with Crippen molar-refractivity contribution < 1.29 is 15.0 Å². The van der Waals surface area contributed by atoms with Crippen LogP contribution < -0.4 is 5.32 Å². The minimum absolute atomic E-state index is 0.0458. The number of carbonyl (C=O) groups is 1. The molecule has 0 saturated carbocycles. The van der Waals surface area contributed by atoms with Crippen LogP contribution in [0.1, 0.15) is 24.2 Å². The zero-order valence-electron chi connectivity index (χ0n) is 11.9. The fourth-order valence-electron chi connectivity index (χ4n) is 2.03. The molecule has 5 heteroatoms. The van der Waals surface area contributed by atoms with Crippen LogP contribution in [0.25, 0.3) is 0 Å². The number of benzene rings is 1. The molecular formula is C14H22N2O3. The van der Waals surface area contributed by atoms with Gasteiger partial charge in [-0.15, -0.1) is 0 Å². The van der Waals surface area contributed by atoms with Crippen molar-refractivity contribution >= 4 is 5.91 Å². The van der Waals surface area contributed by atoms with Crippen molar-refractivity contribution in [3.05, 3.63) is 23.8 Å². The molecule has 0 heterocycles. The highest BCUT2D eigenvalue weighted by atomic mass is 16.3. The molecule has 1 amide bonds. The summed E-state index contributed by atoms with van der Waals surface area (Å²) in [5.74, 6) is -0.573. The van der Waals surface area contributed by atoms with Gasteiger partial charge in [-0.3, -0.25) is 4.79 Å². The normalized spacial score (nSPS) is 11.6. The number of aromatic hydroxyl groups is 2. The van der Waals surface area contributed by atoms with Gasteiger partial charge in [0.1, 0.15) is 11.5 Å². The third-order valence-corrected chi connectivity index (χ3v) is 2.70. The molecule has 0 radical (unpaired) electrons. The van der Waals surface area contributed by atoms with Gasteiger partial charge < -0.3 is 20.4 Å². The monoisotopic (exact) mass is 266 g/mol. The maximum Gasteiger partial charge on any atom is 0.255 e. The highest BCUT2D eigenvalue weighted by Crippen LogP contribution is 2.22. The molecule has 3 N–H and O–H groups in total. The summed E-state index contributed by atoms with van der Waals surface area (Å²) < 4.78 is 0. The van der Waals surface area contributed by atoms with Gasteiger partial charge in [0.2, 0.25) is 0 Å². The van der Waals surface area contributed by atoms with Crippen LogP contribution in [0.15, 0.2) is 18.2 Å². The summed E-state index contributed by atoms with van der Waals surface area (Å²) in [7, 11) is 3.95. The number of carbonyl (C=O) groups excluding carboxylic acids is 1. The summed E-state index contributed by atoms with van der Waals surface area (Å²) in [5, 5.41) is 21.7. The largest absolute Gasteiger partial charge is 0.508 e. The zero-order chi connectivity index (χ0) is 14.6. The summed E-state index contributed by atoms with van der Waals surface area (Å²) in [6.07, 6.45) is 0. The fraction of sp³-hybridized carbons (Fsp3) is 0.500. The van der Waals surface area contributed by atoms with Gasteiger partial charge in [-0.1, -0.05) is 13.8 Å². The third-order valence-electron chi connectivity index (χ3n) is 2.70. The van der Waals surface area contributed by atoms with Gasteiger partial charge in [-0.2, -0.15) is 0 Å². The predicted octanol–water partition coefficient (Wildman–Crippen LogP) is 1.42. The molecule has 0 bridgehead atoms. The number of nitrogens with zero attached hydrogens (tertiary/aromatic N) is 1. The Hall–Kier alpha value is -1.75. The minimum atomic E-state index is -0.389. The van der Waals surface area contributed by atoms with Crippen molar-refractivity contribution in [3.8, 4) is 11.5 Å². The lowest BCUT2D eigenvalue weighted by Gasteiger charge is -2.28. The van der Waals surface area contributed by atoms with Gasteiger partial charge >= 0.3 is 0 Å². The second-order valence-corrected chi connectivity index (χ2v) is 5.79. The van der Waals surface area contributed by atoms with Gasteiger partial charge in [-0.25, -0.2) is 0 Å². The second kappa shape index (κ2) is 5.93.